The molecule has 0 saturated carbocycles. The summed E-state index contributed by atoms with van der Waals surface area (Å²) in [5.41, 5.74) is 1.03. The molecule has 1 aromatic carbocycles. The van der Waals surface area contributed by atoms with Gasteiger partial charge in [-0.3, -0.25) is 9.80 Å². The Morgan fingerprint density at radius 2 is 1.70 bits per heavy atom. The van der Waals surface area contributed by atoms with Crippen LogP contribution in [0.15, 0.2) is 24.3 Å². The van der Waals surface area contributed by atoms with Crippen LogP contribution in [0, 0.1) is 0 Å². The SMILES string of the molecule is CCCC1CCCCN1C1CCN(Cc2ccc(OC(F)(F)F)cc2)CC1. The van der Waals surface area contributed by atoms with Gasteiger partial charge in [0.1, 0.15) is 5.75 Å². The van der Waals surface area contributed by atoms with Crippen LogP contribution < -0.4 is 4.74 Å². The molecule has 152 valence electrons. The van der Waals surface area contributed by atoms with Crippen LogP contribution in [0.5, 0.6) is 5.75 Å². The maximum absolute atomic E-state index is 12.2. The molecular weight excluding hydrogens is 353 g/mol. The van der Waals surface area contributed by atoms with E-state index in [1.165, 1.54) is 63.6 Å². The minimum absolute atomic E-state index is 0.156. The molecule has 0 amide bonds. The lowest BCUT2D eigenvalue weighted by Crippen LogP contribution is -2.50. The zero-order chi connectivity index (χ0) is 19.3. The number of hydrogen-bond donors (Lipinski definition) is 0. The van der Waals surface area contributed by atoms with Crippen LogP contribution in [-0.2, 0) is 6.54 Å². The van der Waals surface area contributed by atoms with E-state index in [4.69, 9.17) is 0 Å². The molecule has 6 heteroatoms. The Balaban J connectivity index is 1.48. The van der Waals surface area contributed by atoms with Crippen molar-refractivity contribution in [2.45, 2.75) is 76.9 Å². The van der Waals surface area contributed by atoms with E-state index in [-0.39, 0.29) is 5.75 Å². The highest BCUT2D eigenvalue weighted by atomic mass is 19.4. The van der Waals surface area contributed by atoms with Gasteiger partial charge in [0.05, 0.1) is 0 Å². The van der Waals surface area contributed by atoms with Crippen molar-refractivity contribution in [1.82, 2.24) is 9.80 Å². The van der Waals surface area contributed by atoms with Crippen molar-refractivity contribution in [3.05, 3.63) is 29.8 Å². The van der Waals surface area contributed by atoms with Crippen molar-refractivity contribution < 1.29 is 17.9 Å². The van der Waals surface area contributed by atoms with Crippen LogP contribution in [-0.4, -0.2) is 47.9 Å². The Hall–Kier alpha value is -1.27. The Morgan fingerprint density at radius 3 is 2.33 bits per heavy atom. The predicted octanol–water partition coefficient (Wildman–Crippen LogP) is 5.20. The minimum atomic E-state index is -4.63. The third kappa shape index (κ3) is 6.11. The lowest BCUT2D eigenvalue weighted by molar-refractivity contribution is -0.274. The zero-order valence-electron chi connectivity index (χ0n) is 16.2. The minimum Gasteiger partial charge on any atom is -0.406 e. The lowest BCUT2D eigenvalue weighted by atomic mass is 9.92. The molecule has 3 rings (SSSR count). The van der Waals surface area contributed by atoms with Crippen molar-refractivity contribution in [2.75, 3.05) is 19.6 Å². The van der Waals surface area contributed by atoms with Crippen LogP contribution in [0.4, 0.5) is 13.2 Å². The number of hydrogen-bond acceptors (Lipinski definition) is 3. The fourth-order valence-corrected chi connectivity index (χ4v) is 4.61. The molecule has 2 heterocycles. The van der Waals surface area contributed by atoms with Crippen LogP contribution in [0.2, 0.25) is 0 Å². The van der Waals surface area contributed by atoms with Gasteiger partial charge in [-0.05, 0) is 69.4 Å². The predicted molar refractivity (Wildman–Crippen MR) is 101 cm³/mol. The molecule has 0 bridgehead atoms. The fraction of sp³-hybridized carbons (Fsp3) is 0.714. The summed E-state index contributed by atoms with van der Waals surface area (Å²) in [6.45, 7) is 6.43. The molecule has 0 aromatic heterocycles. The number of rotatable bonds is 6. The van der Waals surface area contributed by atoms with E-state index in [2.05, 4.69) is 21.5 Å². The summed E-state index contributed by atoms with van der Waals surface area (Å²) >= 11 is 0. The van der Waals surface area contributed by atoms with E-state index < -0.39 is 6.36 Å². The third-order valence-electron chi connectivity index (χ3n) is 5.88. The quantitative estimate of drug-likeness (QED) is 0.670. The van der Waals surface area contributed by atoms with Crippen molar-refractivity contribution in [1.29, 1.82) is 0 Å². The Kier molecular flexibility index (Phi) is 7.04. The largest absolute Gasteiger partial charge is 0.573 e. The summed E-state index contributed by atoms with van der Waals surface area (Å²) in [7, 11) is 0. The molecule has 0 spiro atoms. The molecule has 2 fully saturated rings. The maximum Gasteiger partial charge on any atom is 0.573 e. The summed E-state index contributed by atoms with van der Waals surface area (Å²) < 4.78 is 40.7. The van der Waals surface area contributed by atoms with Crippen molar-refractivity contribution >= 4 is 0 Å². The third-order valence-corrected chi connectivity index (χ3v) is 5.88. The number of halogens is 3. The number of ether oxygens (including phenoxy) is 1. The van der Waals surface area contributed by atoms with Crippen LogP contribution in [0.1, 0.15) is 57.4 Å². The van der Waals surface area contributed by atoms with Crippen LogP contribution >= 0.6 is 0 Å². The first-order valence-electron chi connectivity index (χ1n) is 10.3. The molecule has 2 aliphatic heterocycles. The molecule has 2 saturated heterocycles. The van der Waals surface area contributed by atoms with Gasteiger partial charge in [0.2, 0.25) is 0 Å². The van der Waals surface area contributed by atoms with E-state index in [0.717, 1.165) is 31.2 Å². The first-order valence-corrected chi connectivity index (χ1v) is 10.3. The van der Waals surface area contributed by atoms with Crippen molar-refractivity contribution in [3.63, 3.8) is 0 Å². The smallest absolute Gasteiger partial charge is 0.406 e. The van der Waals surface area contributed by atoms with Crippen molar-refractivity contribution in [3.8, 4) is 5.75 Å². The van der Waals surface area contributed by atoms with Crippen LogP contribution in [0.3, 0.4) is 0 Å². The molecule has 27 heavy (non-hydrogen) atoms. The molecule has 1 unspecified atom stereocenters. The van der Waals surface area contributed by atoms with Gasteiger partial charge in [-0.1, -0.05) is 31.9 Å². The van der Waals surface area contributed by atoms with Gasteiger partial charge in [0.25, 0.3) is 0 Å². The van der Waals surface area contributed by atoms with Gasteiger partial charge >= 0.3 is 6.36 Å². The highest BCUT2D eigenvalue weighted by Crippen LogP contribution is 2.28. The van der Waals surface area contributed by atoms with Gasteiger partial charge in [0.15, 0.2) is 0 Å². The number of benzene rings is 1. The second-order valence-corrected chi connectivity index (χ2v) is 7.88. The van der Waals surface area contributed by atoms with E-state index >= 15 is 0 Å². The number of piperidine rings is 2. The molecule has 0 radical (unpaired) electrons. The van der Waals surface area contributed by atoms with Gasteiger partial charge in [0, 0.05) is 18.6 Å². The molecule has 0 N–H and O–H groups in total. The van der Waals surface area contributed by atoms with Crippen molar-refractivity contribution in [2.24, 2.45) is 0 Å². The maximum atomic E-state index is 12.2. The monoisotopic (exact) mass is 384 g/mol. The summed E-state index contributed by atoms with van der Waals surface area (Å²) in [4.78, 5) is 5.18. The second kappa shape index (κ2) is 9.28. The van der Waals surface area contributed by atoms with E-state index in [0.29, 0.717) is 6.04 Å². The van der Waals surface area contributed by atoms with E-state index in [1.54, 1.807) is 12.1 Å². The highest BCUT2D eigenvalue weighted by Gasteiger charge is 2.32. The summed E-state index contributed by atoms with van der Waals surface area (Å²) in [5, 5.41) is 0. The molecule has 2 aliphatic rings. The first kappa shape index (κ1) is 20.5. The normalized spacial score (nSPS) is 23.5. The summed E-state index contributed by atoms with van der Waals surface area (Å²) in [5.74, 6) is -0.156. The average Bonchev–Trinajstić information content (AvgIpc) is 2.64. The molecule has 1 atom stereocenters. The van der Waals surface area contributed by atoms with Gasteiger partial charge in [-0.15, -0.1) is 13.2 Å². The highest BCUT2D eigenvalue weighted by molar-refractivity contribution is 5.27. The second-order valence-electron chi connectivity index (χ2n) is 7.88. The average molecular weight is 384 g/mol. The molecule has 0 aliphatic carbocycles. The fourth-order valence-electron chi connectivity index (χ4n) is 4.61. The zero-order valence-corrected chi connectivity index (χ0v) is 16.2. The number of nitrogens with zero attached hydrogens (tertiary/aromatic N) is 2. The van der Waals surface area contributed by atoms with E-state index in [1.807, 2.05) is 0 Å². The molecule has 3 nitrogen and oxygen atoms in total. The molecular formula is C21H31F3N2O. The summed E-state index contributed by atoms with van der Waals surface area (Å²) in [6.07, 6.45) is 4.36. The summed E-state index contributed by atoms with van der Waals surface area (Å²) in [6, 6.07) is 7.73. The Labute approximate surface area is 160 Å². The van der Waals surface area contributed by atoms with Gasteiger partial charge in [-0.25, -0.2) is 0 Å². The van der Waals surface area contributed by atoms with Gasteiger partial charge in [-0.2, -0.15) is 0 Å². The standard InChI is InChI=1S/C21H31F3N2O/c1-2-5-18-6-3-4-13-26(18)19-11-14-25(15-12-19)16-17-7-9-20(10-8-17)27-21(22,23)24/h7-10,18-19H,2-6,11-16H2,1H3. The lowest BCUT2D eigenvalue weighted by Gasteiger charge is -2.45. The number of alkyl halides is 3. The Morgan fingerprint density at radius 1 is 1.00 bits per heavy atom. The van der Waals surface area contributed by atoms with E-state index in [9.17, 15) is 13.2 Å². The van der Waals surface area contributed by atoms with Gasteiger partial charge < -0.3 is 4.74 Å². The van der Waals surface area contributed by atoms with Crippen LogP contribution in [0.25, 0.3) is 0 Å². The first-order chi connectivity index (χ1) is 12.9. The molecule has 1 aromatic rings. The topological polar surface area (TPSA) is 15.7 Å². The number of likely N-dealkylation sites (tertiary alicyclic amines) is 2. The Bertz CT molecular complexity index is 566.